The van der Waals surface area contributed by atoms with Gasteiger partial charge in [-0.15, -0.1) is 0 Å². The first-order valence-corrected chi connectivity index (χ1v) is 6.34. The third-order valence-corrected chi connectivity index (χ3v) is 4.14. The Bertz CT molecular complexity index is 382. The van der Waals surface area contributed by atoms with Crippen LogP contribution in [-0.4, -0.2) is 24.0 Å². The second-order valence-corrected chi connectivity index (χ2v) is 5.34. The van der Waals surface area contributed by atoms with Crippen LogP contribution in [0.4, 0.5) is 0 Å². The fourth-order valence-electron chi connectivity index (χ4n) is 3.16. The predicted octanol–water partition coefficient (Wildman–Crippen LogP) is 2.27. The maximum atomic E-state index is 5.88. The molecule has 2 N–H and O–H groups in total. The Morgan fingerprint density at radius 3 is 2.50 bits per heavy atom. The van der Waals surface area contributed by atoms with Crippen molar-refractivity contribution in [2.45, 2.75) is 37.8 Å². The molecule has 2 nitrogen and oxygen atoms in total. The van der Waals surface area contributed by atoms with Crippen LogP contribution in [-0.2, 0) is 0 Å². The van der Waals surface area contributed by atoms with Crippen LogP contribution in [0, 0.1) is 0 Å². The van der Waals surface area contributed by atoms with E-state index in [2.05, 4.69) is 36.1 Å². The smallest absolute Gasteiger partial charge is 0.0352 e. The van der Waals surface area contributed by atoms with Gasteiger partial charge in [0, 0.05) is 25.2 Å². The number of nitrogens with two attached hydrogens (primary N) is 1. The van der Waals surface area contributed by atoms with Gasteiger partial charge in [0.15, 0.2) is 0 Å². The molecule has 0 bridgehead atoms. The minimum atomic E-state index is 0.409. The van der Waals surface area contributed by atoms with Crippen molar-refractivity contribution in [3.63, 3.8) is 0 Å². The van der Waals surface area contributed by atoms with Gasteiger partial charge in [-0.1, -0.05) is 31.2 Å². The summed E-state index contributed by atoms with van der Waals surface area (Å²) in [6, 6.07) is 9.98. The van der Waals surface area contributed by atoms with E-state index in [9.17, 15) is 0 Å². The highest BCUT2D eigenvalue weighted by molar-refractivity contribution is 5.35. The third-order valence-electron chi connectivity index (χ3n) is 4.14. The lowest BCUT2D eigenvalue weighted by molar-refractivity contribution is 0.0813. The van der Waals surface area contributed by atoms with E-state index in [1.165, 1.54) is 12.8 Å². The molecule has 0 saturated carbocycles. The fourth-order valence-corrected chi connectivity index (χ4v) is 3.16. The fraction of sp³-hybridized carbons (Fsp3) is 0.571. The van der Waals surface area contributed by atoms with E-state index in [-0.39, 0.29) is 0 Å². The maximum Gasteiger partial charge on any atom is 0.0352 e. The molecule has 2 unspecified atom stereocenters. The maximum absolute atomic E-state index is 5.88. The standard InChI is InChI=1S/C14H20N2/c1-10-6-7-14(16-8-11(15)9-16)13-5-3-2-4-12(10)13/h2-5,10-11,14H,6-9,15H2,1H3. The van der Waals surface area contributed by atoms with Crippen molar-refractivity contribution < 1.29 is 0 Å². The molecule has 1 aliphatic heterocycles. The molecular formula is C14H20N2. The van der Waals surface area contributed by atoms with Crippen molar-refractivity contribution in [3.8, 4) is 0 Å². The van der Waals surface area contributed by atoms with Crippen LogP contribution in [0.25, 0.3) is 0 Å². The first kappa shape index (κ1) is 10.3. The van der Waals surface area contributed by atoms with Gasteiger partial charge < -0.3 is 5.73 Å². The number of nitrogens with zero attached hydrogens (tertiary/aromatic N) is 1. The largest absolute Gasteiger partial charge is 0.325 e. The monoisotopic (exact) mass is 216 g/mol. The highest BCUT2D eigenvalue weighted by Gasteiger charge is 2.34. The van der Waals surface area contributed by atoms with Gasteiger partial charge in [0.05, 0.1) is 0 Å². The second kappa shape index (κ2) is 3.86. The van der Waals surface area contributed by atoms with E-state index in [0.29, 0.717) is 12.1 Å². The molecule has 1 fully saturated rings. The molecule has 16 heavy (non-hydrogen) atoms. The molecule has 2 heteroatoms. The second-order valence-electron chi connectivity index (χ2n) is 5.34. The summed E-state index contributed by atoms with van der Waals surface area (Å²) in [5.41, 5.74) is 8.99. The van der Waals surface area contributed by atoms with Crippen molar-refractivity contribution >= 4 is 0 Å². The zero-order chi connectivity index (χ0) is 11.1. The van der Waals surface area contributed by atoms with Crippen LogP contribution >= 0.6 is 0 Å². The highest BCUT2D eigenvalue weighted by Crippen LogP contribution is 2.41. The van der Waals surface area contributed by atoms with Crippen LogP contribution in [0.5, 0.6) is 0 Å². The lowest BCUT2D eigenvalue weighted by Gasteiger charge is -2.45. The summed E-state index contributed by atoms with van der Waals surface area (Å²) in [4.78, 5) is 2.54. The molecule has 86 valence electrons. The Hall–Kier alpha value is -0.860. The Kier molecular flexibility index (Phi) is 2.49. The third kappa shape index (κ3) is 1.57. The molecule has 1 aliphatic carbocycles. The van der Waals surface area contributed by atoms with E-state index in [1.807, 2.05) is 0 Å². The SMILES string of the molecule is CC1CCC(N2CC(N)C2)c2ccccc21. The summed E-state index contributed by atoms with van der Waals surface area (Å²) in [5.74, 6) is 0.724. The molecule has 1 heterocycles. The first-order valence-electron chi connectivity index (χ1n) is 6.34. The minimum Gasteiger partial charge on any atom is -0.325 e. The van der Waals surface area contributed by atoms with Gasteiger partial charge in [-0.25, -0.2) is 0 Å². The van der Waals surface area contributed by atoms with Crippen LogP contribution in [0.2, 0.25) is 0 Å². The number of hydrogen-bond donors (Lipinski definition) is 1. The van der Waals surface area contributed by atoms with Gasteiger partial charge in [-0.2, -0.15) is 0 Å². The molecule has 1 saturated heterocycles. The summed E-state index contributed by atoms with van der Waals surface area (Å²) in [7, 11) is 0. The van der Waals surface area contributed by atoms with Crippen molar-refractivity contribution in [1.29, 1.82) is 0 Å². The van der Waals surface area contributed by atoms with Crippen molar-refractivity contribution in [3.05, 3.63) is 35.4 Å². The Labute approximate surface area is 97.4 Å². The van der Waals surface area contributed by atoms with E-state index >= 15 is 0 Å². The van der Waals surface area contributed by atoms with E-state index in [4.69, 9.17) is 5.73 Å². The van der Waals surface area contributed by atoms with Gasteiger partial charge in [0.25, 0.3) is 0 Å². The Morgan fingerprint density at radius 2 is 1.81 bits per heavy atom. The number of rotatable bonds is 1. The zero-order valence-corrected chi connectivity index (χ0v) is 9.89. The Balaban J connectivity index is 1.89. The van der Waals surface area contributed by atoms with Gasteiger partial charge in [-0.05, 0) is 29.9 Å². The zero-order valence-electron chi connectivity index (χ0n) is 9.89. The van der Waals surface area contributed by atoms with Gasteiger partial charge >= 0.3 is 0 Å². The summed E-state index contributed by atoms with van der Waals surface area (Å²) >= 11 is 0. The molecule has 2 aliphatic rings. The molecule has 3 rings (SSSR count). The molecule has 0 aromatic heterocycles. The lowest BCUT2D eigenvalue weighted by atomic mass is 9.79. The van der Waals surface area contributed by atoms with Crippen LogP contribution < -0.4 is 5.73 Å². The summed E-state index contributed by atoms with van der Waals surface area (Å²) in [5, 5.41) is 0. The topological polar surface area (TPSA) is 29.3 Å². The average Bonchev–Trinajstić information content (AvgIpc) is 2.27. The summed E-state index contributed by atoms with van der Waals surface area (Å²) in [6.07, 6.45) is 2.61. The van der Waals surface area contributed by atoms with Crippen molar-refractivity contribution in [1.82, 2.24) is 4.90 Å². The first-order chi connectivity index (χ1) is 7.75. The van der Waals surface area contributed by atoms with E-state index in [1.54, 1.807) is 11.1 Å². The van der Waals surface area contributed by atoms with E-state index in [0.717, 1.165) is 19.0 Å². The normalized spacial score (nSPS) is 30.9. The van der Waals surface area contributed by atoms with Crippen molar-refractivity contribution in [2.24, 2.45) is 5.73 Å². The minimum absolute atomic E-state index is 0.409. The molecular weight excluding hydrogens is 196 g/mol. The van der Waals surface area contributed by atoms with Crippen LogP contribution in [0.15, 0.2) is 24.3 Å². The average molecular weight is 216 g/mol. The van der Waals surface area contributed by atoms with Crippen molar-refractivity contribution in [2.75, 3.05) is 13.1 Å². The summed E-state index contributed by atoms with van der Waals surface area (Å²) < 4.78 is 0. The molecule has 0 amide bonds. The molecule has 2 atom stereocenters. The Morgan fingerprint density at radius 1 is 1.12 bits per heavy atom. The van der Waals surface area contributed by atoms with E-state index < -0.39 is 0 Å². The molecule has 0 spiro atoms. The van der Waals surface area contributed by atoms with Gasteiger partial charge in [0.2, 0.25) is 0 Å². The number of likely N-dealkylation sites (tertiary alicyclic amines) is 1. The predicted molar refractivity (Wildman–Crippen MR) is 66.4 cm³/mol. The van der Waals surface area contributed by atoms with Crippen LogP contribution in [0.1, 0.15) is 42.9 Å². The number of benzene rings is 1. The molecule has 0 radical (unpaired) electrons. The molecule has 1 aromatic rings. The highest BCUT2D eigenvalue weighted by atomic mass is 15.2. The van der Waals surface area contributed by atoms with Crippen LogP contribution in [0.3, 0.4) is 0 Å². The summed E-state index contributed by atoms with van der Waals surface area (Å²) in [6.45, 7) is 4.50. The van der Waals surface area contributed by atoms with Gasteiger partial charge in [-0.3, -0.25) is 4.90 Å². The van der Waals surface area contributed by atoms with Gasteiger partial charge in [0.1, 0.15) is 0 Å². The number of hydrogen-bond acceptors (Lipinski definition) is 2. The quantitative estimate of drug-likeness (QED) is 0.780. The number of fused-ring (bicyclic) bond motifs is 1. The lowest BCUT2D eigenvalue weighted by Crippen LogP contribution is -2.57. The molecule has 1 aromatic carbocycles.